The van der Waals surface area contributed by atoms with Gasteiger partial charge in [0.1, 0.15) is 11.6 Å². The summed E-state index contributed by atoms with van der Waals surface area (Å²) in [5.41, 5.74) is 0.0692. The molecule has 2 saturated heterocycles. The molecule has 4 rings (SSSR count). The summed E-state index contributed by atoms with van der Waals surface area (Å²) < 4.78 is 2.06. The fourth-order valence-electron chi connectivity index (χ4n) is 3.80. The number of carbonyl (C=O) groups excluding carboxylic acids is 1. The van der Waals surface area contributed by atoms with Gasteiger partial charge in [0.25, 0.3) is 0 Å². The summed E-state index contributed by atoms with van der Waals surface area (Å²) in [7, 11) is 2.02. The van der Waals surface area contributed by atoms with Gasteiger partial charge >= 0.3 is 0 Å². The van der Waals surface area contributed by atoms with E-state index in [4.69, 9.17) is 0 Å². The van der Waals surface area contributed by atoms with Gasteiger partial charge in [-0.3, -0.25) is 14.6 Å². The van der Waals surface area contributed by atoms with Crippen LogP contribution in [0.25, 0.3) is 0 Å². The lowest BCUT2D eigenvalue weighted by Gasteiger charge is -2.23. The Morgan fingerprint density at radius 1 is 1.22 bits per heavy atom. The van der Waals surface area contributed by atoms with Crippen molar-refractivity contribution in [1.29, 1.82) is 0 Å². The summed E-state index contributed by atoms with van der Waals surface area (Å²) in [5, 5.41) is 0. The number of imidazole rings is 1. The number of aromatic nitrogens is 3. The number of amides is 1. The molecule has 1 amide bonds. The summed E-state index contributed by atoms with van der Waals surface area (Å²) in [6.45, 7) is 3.61. The molecule has 2 aromatic heterocycles. The lowest BCUT2D eigenvalue weighted by atomic mass is 9.86. The summed E-state index contributed by atoms with van der Waals surface area (Å²) >= 11 is 0. The van der Waals surface area contributed by atoms with Crippen LogP contribution in [0.1, 0.15) is 18.7 Å². The molecule has 6 nitrogen and oxygen atoms in total. The third-order valence-corrected chi connectivity index (χ3v) is 5.05. The maximum absolute atomic E-state index is 12.5. The summed E-state index contributed by atoms with van der Waals surface area (Å²) in [5.74, 6) is 2.05. The number of carbonyl (C=O) groups is 1. The first-order chi connectivity index (χ1) is 11.2. The number of nitrogens with zero attached hydrogens (tertiary/aromatic N) is 5. The van der Waals surface area contributed by atoms with Crippen LogP contribution in [0.2, 0.25) is 0 Å². The van der Waals surface area contributed by atoms with E-state index in [2.05, 4.69) is 19.4 Å². The molecular weight excluding hydrogens is 290 g/mol. The topological polar surface area (TPSA) is 54.3 Å². The van der Waals surface area contributed by atoms with Crippen LogP contribution in [0.15, 0.2) is 36.8 Å². The molecule has 1 spiro atoms. The highest BCUT2D eigenvalue weighted by molar-refractivity contribution is 5.95. The van der Waals surface area contributed by atoms with Gasteiger partial charge in [-0.15, -0.1) is 0 Å². The van der Waals surface area contributed by atoms with Crippen molar-refractivity contribution >= 4 is 11.7 Å². The molecule has 0 aromatic carbocycles. The molecule has 6 heteroatoms. The average molecular weight is 311 g/mol. The zero-order chi connectivity index (χ0) is 15.9. The Kier molecular flexibility index (Phi) is 3.41. The molecule has 2 aromatic rings. The van der Waals surface area contributed by atoms with E-state index in [-0.39, 0.29) is 11.3 Å². The van der Waals surface area contributed by atoms with Crippen molar-refractivity contribution in [2.24, 2.45) is 12.5 Å². The normalized spacial score (nSPS) is 24.9. The second-order valence-corrected chi connectivity index (χ2v) is 6.76. The van der Waals surface area contributed by atoms with E-state index in [1.54, 1.807) is 6.20 Å². The van der Waals surface area contributed by atoms with Crippen molar-refractivity contribution in [1.82, 2.24) is 19.4 Å². The van der Waals surface area contributed by atoms with Gasteiger partial charge in [0.05, 0.1) is 6.54 Å². The van der Waals surface area contributed by atoms with E-state index in [1.807, 2.05) is 42.5 Å². The Balaban J connectivity index is 1.46. The van der Waals surface area contributed by atoms with Crippen molar-refractivity contribution in [2.75, 3.05) is 24.5 Å². The Morgan fingerprint density at radius 2 is 2.13 bits per heavy atom. The van der Waals surface area contributed by atoms with Crippen molar-refractivity contribution in [3.8, 4) is 0 Å². The van der Waals surface area contributed by atoms with Gasteiger partial charge in [-0.2, -0.15) is 0 Å². The molecule has 0 saturated carbocycles. The highest BCUT2D eigenvalue weighted by Gasteiger charge is 2.48. The fourth-order valence-corrected chi connectivity index (χ4v) is 3.80. The number of hydrogen-bond donors (Lipinski definition) is 0. The van der Waals surface area contributed by atoms with E-state index in [0.29, 0.717) is 6.42 Å². The maximum Gasteiger partial charge on any atom is 0.228 e. The van der Waals surface area contributed by atoms with Crippen LogP contribution in [-0.4, -0.2) is 45.0 Å². The van der Waals surface area contributed by atoms with Crippen molar-refractivity contribution in [3.05, 3.63) is 42.6 Å². The molecular formula is C17H21N5O. The van der Waals surface area contributed by atoms with Crippen LogP contribution >= 0.6 is 0 Å². The molecule has 1 atom stereocenters. The molecule has 2 fully saturated rings. The molecule has 23 heavy (non-hydrogen) atoms. The minimum Gasteiger partial charge on any atom is -0.337 e. The predicted molar refractivity (Wildman–Crippen MR) is 86.7 cm³/mol. The fraction of sp³-hybridized carbons (Fsp3) is 0.471. The molecule has 120 valence electrons. The molecule has 4 heterocycles. The van der Waals surface area contributed by atoms with Crippen LogP contribution in [0.3, 0.4) is 0 Å². The van der Waals surface area contributed by atoms with Gasteiger partial charge in [-0.1, -0.05) is 6.07 Å². The zero-order valence-electron chi connectivity index (χ0n) is 13.4. The first-order valence-corrected chi connectivity index (χ1v) is 8.05. The summed E-state index contributed by atoms with van der Waals surface area (Å²) in [6, 6.07) is 5.73. The summed E-state index contributed by atoms with van der Waals surface area (Å²) in [6.07, 6.45) is 7.24. The van der Waals surface area contributed by atoms with Gasteiger partial charge in [0, 0.05) is 50.6 Å². The van der Waals surface area contributed by atoms with Gasteiger partial charge in [-0.05, 0) is 25.1 Å². The second kappa shape index (κ2) is 5.45. The van der Waals surface area contributed by atoms with Gasteiger partial charge in [0.15, 0.2) is 0 Å². The lowest BCUT2D eigenvalue weighted by molar-refractivity contribution is -0.117. The van der Waals surface area contributed by atoms with Gasteiger partial charge < -0.3 is 4.57 Å². The quantitative estimate of drug-likeness (QED) is 0.861. The number of anilines is 1. The standard InChI is InChI=1S/C17H21N5O/c1-20-9-7-19-15(20)11-21-8-5-17(12-21)10-16(23)22(13-17)14-4-2-3-6-18-14/h2-4,6-7,9H,5,8,10-13H2,1H3/t17-/m0/s1. The Labute approximate surface area is 135 Å². The van der Waals surface area contributed by atoms with E-state index < -0.39 is 0 Å². The van der Waals surface area contributed by atoms with E-state index in [1.165, 1.54) is 0 Å². The van der Waals surface area contributed by atoms with Crippen LogP contribution in [0.4, 0.5) is 5.82 Å². The highest BCUT2D eigenvalue weighted by Crippen LogP contribution is 2.41. The van der Waals surface area contributed by atoms with Crippen molar-refractivity contribution in [3.63, 3.8) is 0 Å². The molecule has 0 unspecified atom stereocenters. The third kappa shape index (κ3) is 2.63. The SMILES string of the molecule is Cn1ccnc1CN1CC[C@]2(CC(=O)N(c3ccccn3)C2)C1. The zero-order valence-corrected chi connectivity index (χ0v) is 13.4. The van der Waals surface area contributed by atoms with Gasteiger partial charge in [-0.25, -0.2) is 9.97 Å². The maximum atomic E-state index is 12.5. The monoisotopic (exact) mass is 311 g/mol. The third-order valence-electron chi connectivity index (χ3n) is 5.05. The molecule has 2 aliphatic heterocycles. The Morgan fingerprint density at radius 3 is 2.87 bits per heavy atom. The van der Waals surface area contributed by atoms with Crippen LogP contribution in [-0.2, 0) is 18.4 Å². The van der Waals surface area contributed by atoms with Crippen LogP contribution in [0, 0.1) is 5.41 Å². The molecule has 0 aliphatic carbocycles. The lowest BCUT2D eigenvalue weighted by Crippen LogP contribution is -2.31. The largest absolute Gasteiger partial charge is 0.337 e. The predicted octanol–water partition coefficient (Wildman–Crippen LogP) is 1.44. The smallest absolute Gasteiger partial charge is 0.228 e. The van der Waals surface area contributed by atoms with Gasteiger partial charge in [0.2, 0.25) is 5.91 Å². The Bertz CT molecular complexity index is 713. The minimum atomic E-state index is 0.0692. The highest BCUT2D eigenvalue weighted by atomic mass is 16.2. The number of aryl methyl sites for hydroxylation is 1. The van der Waals surface area contributed by atoms with Crippen molar-refractivity contribution < 1.29 is 4.79 Å². The first kappa shape index (κ1) is 14.4. The molecule has 0 radical (unpaired) electrons. The number of likely N-dealkylation sites (tertiary alicyclic amines) is 1. The molecule has 0 N–H and O–H groups in total. The Hall–Kier alpha value is -2.21. The first-order valence-electron chi connectivity index (χ1n) is 8.05. The van der Waals surface area contributed by atoms with Crippen LogP contribution < -0.4 is 4.90 Å². The number of hydrogen-bond acceptors (Lipinski definition) is 4. The van der Waals surface area contributed by atoms with Crippen LogP contribution in [0.5, 0.6) is 0 Å². The number of pyridine rings is 1. The van der Waals surface area contributed by atoms with Crippen molar-refractivity contribution in [2.45, 2.75) is 19.4 Å². The molecule has 2 aliphatic rings. The van der Waals surface area contributed by atoms with E-state index in [0.717, 1.165) is 44.2 Å². The number of rotatable bonds is 3. The minimum absolute atomic E-state index is 0.0692. The summed E-state index contributed by atoms with van der Waals surface area (Å²) in [4.78, 5) is 25.5. The average Bonchev–Trinajstić information content (AvgIpc) is 3.22. The molecule has 0 bridgehead atoms. The van der Waals surface area contributed by atoms with E-state index >= 15 is 0 Å². The second-order valence-electron chi connectivity index (χ2n) is 6.76. The van der Waals surface area contributed by atoms with E-state index in [9.17, 15) is 4.79 Å².